The number of ether oxygens (including phenoxy) is 2. The minimum atomic E-state index is -0.334. The van der Waals surface area contributed by atoms with Crippen molar-refractivity contribution in [1.29, 1.82) is 5.26 Å². The number of nitrogens with two attached hydrogens (primary N) is 1. The first kappa shape index (κ1) is 18.8. The number of benzene rings is 3. The number of aromatic amines is 1. The molecule has 0 amide bonds. The van der Waals surface area contributed by atoms with Crippen LogP contribution in [-0.2, 0) is 6.61 Å². The molecule has 3 aromatic carbocycles. The molecule has 0 radical (unpaired) electrons. The lowest BCUT2D eigenvalue weighted by Crippen LogP contribution is -2.21. The van der Waals surface area contributed by atoms with E-state index in [1.54, 1.807) is 0 Å². The smallest absolute Gasteiger partial charge is 0.244 e. The molecule has 6 heteroatoms. The number of H-pyrrole nitrogens is 1. The van der Waals surface area contributed by atoms with E-state index < -0.39 is 0 Å². The minimum Gasteiger partial charge on any atom is -0.489 e. The van der Waals surface area contributed by atoms with E-state index in [0.29, 0.717) is 18.1 Å². The fourth-order valence-corrected chi connectivity index (χ4v) is 4.07. The van der Waals surface area contributed by atoms with Crippen molar-refractivity contribution in [3.05, 3.63) is 101 Å². The number of rotatable bonds is 4. The molecular weight excluding hydrogens is 388 g/mol. The van der Waals surface area contributed by atoms with Gasteiger partial charge in [0.05, 0.1) is 5.92 Å². The summed E-state index contributed by atoms with van der Waals surface area (Å²) < 4.78 is 11.6. The van der Waals surface area contributed by atoms with E-state index in [1.807, 2.05) is 49.4 Å². The van der Waals surface area contributed by atoms with E-state index in [9.17, 15) is 5.26 Å². The van der Waals surface area contributed by atoms with Gasteiger partial charge in [-0.25, -0.2) is 0 Å². The van der Waals surface area contributed by atoms with Gasteiger partial charge in [0.25, 0.3) is 0 Å². The van der Waals surface area contributed by atoms with Crippen molar-refractivity contribution < 1.29 is 9.47 Å². The number of nitrogens with zero attached hydrogens (tertiary/aromatic N) is 2. The van der Waals surface area contributed by atoms with Crippen LogP contribution >= 0.6 is 0 Å². The predicted molar refractivity (Wildman–Crippen MR) is 117 cm³/mol. The summed E-state index contributed by atoms with van der Waals surface area (Å²) in [7, 11) is 0. The van der Waals surface area contributed by atoms with Gasteiger partial charge >= 0.3 is 0 Å². The fraction of sp³-hybridized carbons (Fsp3) is 0.120. The molecule has 152 valence electrons. The molecule has 3 N–H and O–H groups in total. The predicted octanol–water partition coefficient (Wildman–Crippen LogP) is 4.67. The molecule has 0 bridgehead atoms. The summed E-state index contributed by atoms with van der Waals surface area (Å²) in [6.07, 6.45) is 0. The highest BCUT2D eigenvalue weighted by molar-refractivity contribution is 5.85. The number of nitriles is 1. The largest absolute Gasteiger partial charge is 0.489 e. The van der Waals surface area contributed by atoms with Crippen LogP contribution in [0.3, 0.4) is 0 Å². The van der Waals surface area contributed by atoms with Gasteiger partial charge in [0.2, 0.25) is 11.8 Å². The molecule has 5 rings (SSSR count). The first-order valence-corrected chi connectivity index (χ1v) is 9.97. The molecule has 4 aromatic rings. The van der Waals surface area contributed by atoms with E-state index >= 15 is 0 Å². The fourth-order valence-electron chi connectivity index (χ4n) is 4.07. The van der Waals surface area contributed by atoms with Crippen molar-refractivity contribution in [3.8, 4) is 17.7 Å². The molecule has 1 aromatic heterocycles. The second-order valence-electron chi connectivity index (χ2n) is 7.49. The molecule has 0 aliphatic carbocycles. The Morgan fingerprint density at radius 1 is 1.10 bits per heavy atom. The van der Waals surface area contributed by atoms with Crippen LogP contribution in [0.4, 0.5) is 0 Å². The van der Waals surface area contributed by atoms with Crippen molar-refractivity contribution in [2.45, 2.75) is 19.4 Å². The number of nitrogens with one attached hydrogen (secondary N) is 1. The molecule has 0 unspecified atom stereocenters. The van der Waals surface area contributed by atoms with E-state index in [-0.39, 0.29) is 11.8 Å². The Bertz CT molecular complexity index is 1340. The van der Waals surface area contributed by atoms with Crippen LogP contribution in [0.1, 0.15) is 28.3 Å². The van der Waals surface area contributed by atoms with Crippen LogP contribution in [0.15, 0.2) is 78.2 Å². The highest BCUT2D eigenvalue weighted by atomic mass is 16.5. The zero-order valence-electron chi connectivity index (χ0n) is 16.9. The van der Waals surface area contributed by atoms with Gasteiger partial charge in [-0.15, -0.1) is 5.10 Å². The van der Waals surface area contributed by atoms with Crippen molar-refractivity contribution >= 4 is 10.8 Å². The third-order valence-corrected chi connectivity index (χ3v) is 5.62. The van der Waals surface area contributed by atoms with Gasteiger partial charge in [-0.05, 0) is 41.0 Å². The van der Waals surface area contributed by atoms with Gasteiger partial charge in [0.1, 0.15) is 24.0 Å². The summed E-state index contributed by atoms with van der Waals surface area (Å²) in [6.45, 7) is 2.37. The van der Waals surface area contributed by atoms with Gasteiger partial charge in [-0.2, -0.15) is 5.26 Å². The maximum atomic E-state index is 9.68. The number of aromatic nitrogens is 2. The molecule has 0 saturated carbocycles. The molecule has 1 aliphatic heterocycles. The Hall–Kier alpha value is -4.24. The van der Waals surface area contributed by atoms with Crippen LogP contribution in [-0.4, -0.2) is 10.2 Å². The first-order chi connectivity index (χ1) is 15.2. The molecule has 0 saturated heterocycles. The molecule has 2 heterocycles. The average molecular weight is 408 g/mol. The highest BCUT2D eigenvalue weighted by Gasteiger charge is 2.34. The Balaban J connectivity index is 1.41. The minimum absolute atomic E-state index is 0.0859. The number of aryl methyl sites for hydroxylation is 1. The molecule has 1 aliphatic rings. The molecule has 0 spiro atoms. The Labute approximate surface area is 179 Å². The van der Waals surface area contributed by atoms with E-state index in [1.165, 1.54) is 10.8 Å². The van der Waals surface area contributed by atoms with E-state index in [0.717, 1.165) is 28.1 Å². The molecule has 1 atom stereocenters. The zero-order chi connectivity index (χ0) is 21.4. The topological polar surface area (TPSA) is 97.0 Å². The summed E-state index contributed by atoms with van der Waals surface area (Å²) in [5, 5.41) is 19.1. The highest BCUT2D eigenvalue weighted by Crippen LogP contribution is 2.42. The Morgan fingerprint density at radius 2 is 1.87 bits per heavy atom. The molecule has 0 fully saturated rings. The van der Waals surface area contributed by atoms with Gasteiger partial charge in [0, 0.05) is 11.3 Å². The SMILES string of the molecule is Cc1[nH]nc2c1[C@@H](c1ccc(OCc3cccc4ccccc34)cc1)C(C#N)=C(N)O2. The summed E-state index contributed by atoms with van der Waals surface area (Å²) in [6, 6.07) is 24.4. The Kier molecular flexibility index (Phi) is 4.57. The van der Waals surface area contributed by atoms with Gasteiger partial charge in [-0.1, -0.05) is 54.6 Å². The zero-order valence-corrected chi connectivity index (χ0v) is 16.9. The van der Waals surface area contributed by atoms with Crippen molar-refractivity contribution in [3.63, 3.8) is 0 Å². The lowest BCUT2D eigenvalue weighted by molar-refractivity contribution is 0.307. The maximum Gasteiger partial charge on any atom is 0.244 e. The third kappa shape index (κ3) is 3.26. The van der Waals surface area contributed by atoms with Crippen LogP contribution in [0.25, 0.3) is 10.8 Å². The lowest BCUT2D eigenvalue weighted by atomic mass is 9.84. The summed E-state index contributed by atoms with van der Waals surface area (Å²) in [5.41, 5.74) is 10.1. The average Bonchev–Trinajstić information content (AvgIpc) is 3.17. The van der Waals surface area contributed by atoms with Crippen LogP contribution in [0.5, 0.6) is 11.6 Å². The number of hydrogen-bond acceptors (Lipinski definition) is 5. The maximum absolute atomic E-state index is 9.68. The quantitative estimate of drug-likeness (QED) is 0.511. The van der Waals surface area contributed by atoms with Crippen molar-refractivity contribution in [2.75, 3.05) is 0 Å². The van der Waals surface area contributed by atoms with Gasteiger partial charge in [-0.3, -0.25) is 5.10 Å². The third-order valence-electron chi connectivity index (χ3n) is 5.62. The normalized spacial score (nSPS) is 15.3. The molecule has 31 heavy (non-hydrogen) atoms. The van der Waals surface area contributed by atoms with Crippen LogP contribution in [0.2, 0.25) is 0 Å². The van der Waals surface area contributed by atoms with Crippen molar-refractivity contribution in [1.82, 2.24) is 10.2 Å². The number of fused-ring (bicyclic) bond motifs is 2. The molecule has 6 nitrogen and oxygen atoms in total. The standard InChI is InChI=1S/C25H20N4O2/c1-15-22-23(21(13-26)24(27)31-25(22)29-28-15)17-9-11-19(12-10-17)30-14-18-7-4-6-16-5-2-3-8-20(16)18/h2-12,23H,14,27H2,1H3,(H,28,29)/t23-/m0/s1. The summed E-state index contributed by atoms with van der Waals surface area (Å²) in [5.74, 6) is 0.918. The van der Waals surface area contributed by atoms with Gasteiger partial charge < -0.3 is 15.2 Å². The monoisotopic (exact) mass is 408 g/mol. The Morgan fingerprint density at radius 3 is 2.68 bits per heavy atom. The summed E-state index contributed by atoms with van der Waals surface area (Å²) in [4.78, 5) is 0. The van der Waals surface area contributed by atoms with Crippen LogP contribution in [0, 0.1) is 18.3 Å². The van der Waals surface area contributed by atoms with E-state index in [2.05, 4.69) is 40.5 Å². The second-order valence-corrected chi connectivity index (χ2v) is 7.49. The number of hydrogen-bond donors (Lipinski definition) is 2. The summed E-state index contributed by atoms with van der Waals surface area (Å²) >= 11 is 0. The van der Waals surface area contributed by atoms with Crippen LogP contribution < -0.4 is 15.2 Å². The second kappa shape index (κ2) is 7.54. The van der Waals surface area contributed by atoms with Crippen molar-refractivity contribution in [2.24, 2.45) is 5.73 Å². The van der Waals surface area contributed by atoms with E-state index in [4.69, 9.17) is 15.2 Å². The first-order valence-electron chi connectivity index (χ1n) is 9.97. The molecular formula is C25H20N4O2. The number of allylic oxidation sites excluding steroid dienone is 1. The van der Waals surface area contributed by atoms with Gasteiger partial charge in [0.15, 0.2) is 0 Å². The lowest BCUT2D eigenvalue weighted by Gasteiger charge is -2.23.